The molecule has 0 aliphatic carbocycles. The molecule has 150 valence electrons. The highest BCUT2D eigenvalue weighted by atomic mass is 32.2. The van der Waals surface area contributed by atoms with E-state index in [-0.39, 0.29) is 5.56 Å². The zero-order valence-electron chi connectivity index (χ0n) is 16.2. The van der Waals surface area contributed by atoms with E-state index < -0.39 is 0 Å². The third-order valence-electron chi connectivity index (χ3n) is 4.68. The first-order valence-electron chi connectivity index (χ1n) is 9.27. The number of nitrogens with zero attached hydrogens (tertiary/aromatic N) is 4. The number of hydrogen-bond donors (Lipinski definition) is 1. The maximum atomic E-state index is 12.2. The number of thioether (sulfide) groups is 1. The number of rotatable bonds is 5. The molecular formula is C21H17N5O3S. The molecule has 1 aromatic carbocycles. The molecule has 0 bridgehead atoms. The molecule has 0 spiro atoms. The summed E-state index contributed by atoms with van der Waals surface area (Å²) in [5.41, 5.74) is 3.58. The number of oxazole rings is 1. The first-order valence-corrected chi connectivity index (χ1v) is 10.3. The maximum Gasteiger partial charge on any atom is 0.290 e. The molecule has 0 saturated heterocycles. The number of H-pyrrole nitrogens is 1. The van der Waals surface area contributed by atoms with Gasteiger partial charge in [0.1, 0.15) is 17.0 Å². The summed E-state index contributed by atoms with van der Waals surface area (Å²) in [5, 5.41) is 11.7. The first kappa shape index (κ1) is 18.4. The number of hydrogen-bond acceptors (Lipinski definition) is 7. The van der Waals surface area contributed by atoms with Crippen LogP contribution in [0.1, 0.15) is 17.0 Å². The fourth-order valence-electron chi connectivity index (χ4n) is 3.04. The zero-order valence-corrected chi connectivity index (χ0v) is 17.1. The molecule has 0 atom stereocenters. The molecule has 5 aromatic rings. The number of fused-ring (bicyclic) bond motifs is 1. The van der Waals surface area contributed by atoms with E-state index in [0.29, 0.717) is 33.8 Å². The highest BCUT2D eigenvalue weighted by Crippen LogP contribution is 2.27. The molecule has 0 aliphatic heterocycles. The van der Waals surface area contributed by atoms with E-state index in [2.05, 4.69) is 20.3 Å². The lowest BCUT2D eigenvalue weighted by molar-refractivity contribution is 0.540. The van der Waals surface area contributed by atoms with Crippen LogP contribution in [-0.2, 0) is 5.75 Å². The van der Waals surface area contributed by atoms with Gasteiger partial charge in [-0.2, -0.15) is 5.10 Å². The number of furan rings is 1. The van der Waals surface area contributed by atoms with Crippen molar-refractivity contribution < 1.29 is 8.83 Å². The molecule has 0 unspecified atom stereocenters. The minimum atomic E-state index is -0.316. The minimum Gasteiger partial charge on any atom is -0.463 e. The second kappa shape index (κ2) is 7.34. The molecule has 0 radical (unpaired) electrons. The molecule has 0 aliphatic rings. The largest absolute Gasteiger partial charge is 0.463 e. The quantitative estimate of drug-likeness (QED) is 0.425. The Morgan fingerprint density at radius 3 is 2.77 bits per heavy atom. The third-order valence-corrected chi connectivity index (χ3v) is 5.62. The van der Waals surface area contributed by atoms with Gasteiger partial charge in [0.15, 0.2) is 5.76 Å². The van der Waals surface area contributed by atoms with Gasteiger partial charge >= 0.3 is 0 Å². The molecule has 4 heterocycles. The monoisotopic (exact) mass is 419 g/mol. The smallest absolute Gasteiger partial charge is 0.290 e. The number of aromatic amines is 1. The fourth-order valence-corrected chi connectivity index (χ4v) is 3.95. The van der Waals surface area contributed by atoms with Crippen molar-refractivity contribution in [2.24, 2.45) is 0 Å². The maximum absolute atomic E-state index is 12.2. The fraction of sp³-hybridized carbons (Fsp3) is 0.143. The van der Waals surface area contributed by atoms with Crippen molar-refractivity contribution in [1.82, 2.24) is 24.8 Å². The predicted octanol–water partition coefficient (Wildman–Crippen LogP) is 4.24. The van der Waals surface area contributed by atoms with Crippen LogP contribution >= 0.6 is 11.8 Å². The van der Waals surface area contributed by atoms with Crippen molar-refractivity contribution in [3.8, 4) is 22.9 Å². The zero-order chi connectivity index (χ0) is 20.7. The molecule has 9 heteroatoms. The van der Waals surface area contributed by atoms with Crippen molar-refractivity contribution in [1.29, 1.82) is 0 Å². The summed E-state index contributed by atoms with van der Waals surface area (Å²) in [6.45, 7) is 3.93. The van der Waals surface area contributed by atoms with Gasteiger partial charge in [-0.25, -0.2) is 14.6 Å². The summed E-state index contributed by atoms with van der Waals surface area (Å²) in [7, 11) is 0. The molecule has 5 rings (SSSR count). The van der Waals surface area contributed by atoms with Crippen molar-refractivity contribution in [2.75, 3.05) is 0 Å². The van der Waals surface area contributed by atoms with Crippen LogP contribution in [0.5, 0.6) is 0 Å². The van der Waals surface area contributed by atoms with Crippen LogP contribution in [0, 0.1) is 13.8 Å². The highest BCUT2D eigenvalue weighted by molar-refractivity contribution is 7.98. The molecule has 4 aromatic heterocycles. The molecule has 0 fully saturated rings. The molecule has 0 amide bonds. The van der Waals surface area contributed by atoms with Gasteiger partial charge in [-0.1, -0.05) is 29.5 Å². The van der Waals surface area contributed by atoms with Crippen LogP contribution in [0.25, 0.3) is 28.4 Å². The van der Waals surface area contributed by atoms with Crippen molar-refractivity contribution in [2.45, 2.75) is 24.8 Å². The van der Waals surface area contributed by atoms with Crippen LogP contribution in [0.3, 0.4) is 0 Å². The van der Waals surface area contributed by atoms with E-state index in [1.54, 1.807) is 24.5 Å². The van der Waals surface area contributed by atoms with E-state index in [1.807, 2.05) is 38.1 Å². The van der Waals surface area contributed by atoms with Crippen molar-refractivity contribution >= 4 is 17.3 Å². The van der Waals surface area contributed by atoms with Gasteiger partial charge < -0.3 is 8.83 Å². The average Bonchev–Trinajstić information content (AvgIpc) is 3.48. The van der Waals surface area contributed by atoms with Gasteiger partial charge in [0.25, 0.3) is 5.56 Å². The Morgan fingerprint density at radius 2 is 2.00 bits per heavy atom. The Labute approximate surface area is 175 Å². The predicted molar refractivity (Wildman–Crippen MR) is 112 cm³/mol. The summed E-state index contributed by atoms with van der Waals surface area (Å²) in [5.74, 6) is 2.44. The Kier molecular flexibility index (Phi) is 4.51. The van der Waals surface area contributed by atoms with Gasteiger partial charge in [-0.15, -0.1) is 5.10 Å². The number of aryl methyl sites for hydroxylation is 2. The summed E-state index contributed by atoms with van der Waals surface area (Å²) in [6, 6.07) is 13.3. The second-order valence-electron chi connectivity index (χ2n) is 6.82. The highest BCUT2D eigenvalue weighted by Gasteiger charge is 2.16. The van der Waals surface area contributed by atoms with Gasteiger partial charge in [0.05, 0.1) is 12.0 Å². The van der Waals surface area contributed by atoms with Gasteiger partial charge in [0.2, 0.25) is 11.0 Å². The number of benzene rings is 1. The Morgan fingerprint density at radius 1 is 1.17 bits per heavy atom. The molecule has 1 N–H and O–H groups in total. The lowest BCUT2D eigenvalue weighted by Crippen LogP contribution is -2.13. The summed E-state index contributed by atoms with van der Waals surface area (Å²) >= 11 is 1.41. The third kappa shape index (κ3) is 3.33. The normalized spacial score (nSPS) is 11.4. The summed E-state index contributed by atoms with van der Waals surface area (Å²) < 4.78 is 12.8. The van der Waals surface area contributed by atoms with Crippen LogP contribution in [0.2, 0.25) is 0 Å². The van der Waals surface area contributed by atoms with Gasteiger partial charge in [-0.05, 0) is 38.1 Å². The average molecular weight is 419 g/mol. The lowest BCUT2D eigenvalue weighted by Gasteiger charge is -2.01. The van der Waals surface area contributed by atoms with E-state index in [9.17, 15) is 4.79 Å². The summed E-state index contributed by atoms with van der Waals surface area (Å²) in [4.78, 5) is 16.8. The van der Waals surface area contributed by atoms with Crippen LogP contribution in [0.15, 0.2) is 67.5 Å². The van der Waals surface area contributed by atoms with Crippen LogP contribution < -0.4 is 5.56 Å². The van der Waals surface area contributed by atoms with E-state index in [1.165, 1.54) is 21.8 Å². The Hall–Kier alpha value is -3.59. The van der Waals surface area contributed by atoms with Crippen molar-refractivity contribution in [3.05, 3.63) is 76.1 Å². The first-order chi connectivity index (χ1) is 14.6. The van der Waals surface area contributed by atoms with Gasteiger partial charge in [-0.3, -0.25) is 4.79 Å². The topological polar surface area (TPSA) is 102 Å². The molecule has 0 saturated carbocycles. The van der Waals surface area contributed by atoms with Crippen LogP contribution in [0.4, 0.5) is 0 Å². The summed E-state index contributed by atoms with van der Waals surface area (Å²) in [6.07, 6.45) is 1.57. The van der Waals surface area contributed by atoms with E-state index >= 15 is 0 Å². The number of aromatic nitrogens is 5. The van der Waals surface area contributed by atoms with E-state index in [0.717, 1.165) is 17.0 Å². The van der Waals surface area contributed by atoms with Crippen molar-refractivity contribution in [3.63, 3.8) is 0 Å². The Balaban J connectivity index is 1.43. The second-order valence-corrected chi connectivity index (χ2v) is 7.76. The molecular weight excluding hydrogens is 402 g/mol. The van der Waals surface area contributed by atoms with E-state index in [4.69, 9.17) is 8.83 Å². The standard InChI is InChI=1S/C21H17N5O3S/c1-12-5-7-14(8-6-12)20-22-16(13(2)29-20)11-30-21-24-23-19(27)17-10-15(25-26(17)21)18-4-3-9-28-18/h3-10H,11H2,1-2H3,(H,23,27). The molecule has 8 nitrogen and oxygen atoms in total. The lowest BCUT2D eigenvalue weighted by atomic mass is 10.1. The Bertz CT molecular complexity index is 1380. The van der Waals surface area contributed by atoms with Gasteiger partial charge in [0, 0.05) is 17.4 Å². The van der Waals surface area contributed by atoms with Crippen LogP contribution in [-0.4, -0.2) is 24.8 Å². The SMILES string of the molecule is Cc1ccc(-c2nc(CSc3n[nH]c(=O)c4cc(-c5ccco5)nn34)c(C)o2)cc1. The molecule has 30 heavy (non-hydrogen) atoms. The number of nitrogens with one attached hydrogen (secondary N) is 1. The minimum absolute atomic E-state index is 0.316.